The summed E-state index contributed by atoms with van der Waals surface area (Å²) in [5.41, 5.74) is -0.357. The van der Waals surface area contributed by atoms with Gasteiger partial charge >= 0.3 is 42.0 Å². The Labute approximate surface area is 148 Å². The highest BCUT2D eigenvalue weighted by Gasteiger charge is 2.87. The fourth-order valence-electron chi connectivity index (χ4n) is 1.55. The van der Waals surface area contributed by atoms with Crippen molar-refractivity contribution in [2.75, 3.05) is 6.61 Å². The van der Waals surface area contributed by atoms with Gasteiger partial charge in [0, 0.05) is 12.0 Å². The average molecular weight is 444 g/mol. The predicted molar refractivity (Wildman–Crippen MR) is 67.1 cm³/mol. The van der Waals surface area contributed by atoms with Gasteiger partial charge in [0.25, 0.3) is 0 Å². The molecule has 0 heterocycles. The van der Waals surface area contributed by atoms with Crippen LogP contribution in [0, 0.1) is 0 Å². The molecule has 0 aliphatic heterocycles. The monoisotopic (exact) mass is 444 g/mol. The van der Waals surface area contributed by atoms with E-state index in [2.05, 4.69) is 11.3 Å². The molecule has 1 atom stereocenters. The van der Waals surface area contributed by atoms with Crippen LogP contribution < -0.4 is 0 Å². The largest absolute Gasteiger partial charge is 0.460 e. The summed E-state index contributed by atoms with van der Waals surface area (Å²) in [6.45, 7) is 2.53. The molecular formula is C13H12F12O3. The number of aliphatic hydroxyl groups excluding tert-OH is 1. The molecule has 0 saturated carbocycles. The highest BCUT2D eigenvalue weighted by atomic mass is 19.4. The molecule has 1 N–H and O–H groups in total. The van der Waals surface area contributed by atoms with Crippen LogP contribution in [0.2, 0.25) is 0 Å². The van der Waals surface area contributed by atoms with Gasteiger partial charge in [-0.15, -0.1) is 0 Å². The van der Waals surface area contributed by atoms with Crippen molar-refractivity contribution >= 4 is 5.97 Å². The third-order valence-electron chi connectivity index (χ3n) is 3.19. The predicted octanol–water partition coefficient (Wildman–Crippen LogP) is 4.30. The Morgan fingerprint density at radius 2 is 1.36 bits per heavy atom. The van der Waals surface area contributed by atoms with Crippen molar-refractivity contribution in [3.63, 3.8) is 0 Å². The zero-order valence-corrected chi connectivity index (χ0v) is 13.6. The number of alkyl halides is 12. The first kappa shape index (κ1) is 26.3. The summed E-state index contributed by atoms with van der Waals surface area (Å²) < 4.78 is 159. The first-order valence-electron chi connectivity index (χ1n) is 6.84. The standard InChI is InChI=1S/C13H12F12O3/c1-5(2)7(27)28-4-6(26)3-9(16,17)11(20,21)13(24,25)12(22,23)10(18,19)8(14)15/h6,8,26H,1,3-4H2,2H3. The molecule has 0 saturated heterocycles. The molecule has 0 fully saturated rings. The van der Waals surface area contributed by atoms with E-state index in [1.165, 1.54) is 0 Å². The highest BCUT2D eigenvalue weighted by molar-refractivity contribution is 5.86. The topological polar surface area (TPSA) is 46.5 Å². The number of hydrogen-bond acceptors (Lipinski definition) is 3. The highest BCUT2D eigenvalue weighted by Crippen LogP contribution is 2.58. The van der Waals surface area contributed by atoms with Crippen LogP contribution >= 0.6 is 0 Å². The van der Waals surface area contributed by atoms with E-state index in [0.29, 0.717) is 0 Å². The Morgan fingerprint density at radius 3 is 1.71 bits per heavy atom. The van der Waals surface area contributed by atoms with E-state index in [-0.39, 0.29) is 5.57 Å². The molecule has 0 amide bonds. The van der Waals surface area contributed by atoms with E-state index in [4.69, 9.17) is 5.11 Å². The van der Waals surface area contributed by atoms with Gasteiger partial charge in [-0.2, -0.15) is 43.9 Å². The summed E-state index contributed by atoms with van der Waals surface area (Å²) in [4.78, 5) is 10.9. The van der Waals surface area contributed by atoms with Crippen molar-refractivity contribution in [1.82, 2.24) is 0 Å². The number of esters is 1. The van der Waals surface area contributed by atoms with Gasteiger partial charge in [0.15, 0.2) is 0 Å². The van der Waals surface area contributed by atoms with Gasteiger partial charge in [0.05, 0.1) is 6.10 Å². The Hall–Kier alpha value is -1.67. The molecule has 0 rings (SSSR count). The lowest BCUT2D eigenvalue weighted by molar-refractivity contribution is -0.414. The second kappa shape index (κ2) is 7.99. The van der Waals surface area contributed by atoms with Crippen molar-refractivity contribution in [3.05, 3.63) is 12.2 Å². The molecule has 0 radical (unpaired) electrons. The maximum Gasteiger partial charge on any atom is 0.384 e. The number of halogens is 12. The average Bonchev–Trinajstić information content (AvgIpc) is 2.50. The lowest BCUT2D eigenvalue weighted by Crippen LogP contribution is -2.68. The number of ether oxygens (including phenoxy) is 1. The van der Waals surface area contributed by atoms with E-state index in [1.54, 1.807) is 0 Å². The third kappa shape index (κ3) is 4.49. The summed E-state index contributed by atoms with van der Waals surface area (Å²) in [6.07, 6.45) is -11.2. The molecular weight excluding hydrogens is 432 g/mol. The molecule has 3 nitrogen and oxygen atoms in total. The van der Waals surface area contributed by atoms with Crippen LogP contribution in [0.25, 0.3) is 0 Å². The van der Waals surface area contributed by atoms with Gasteiger partial charge in [0.1, 0.15) is 6.61 Å². The van der Waals surface area contributed by atoms with Crippen LogP contribution in [0.15, 0.2) is 12.2 Å². The van der Waals surface area contributed by atoms with Crippen LogP contribution in [-0.4, -0.2) is 59.8 Å². The fourth-order valence-corrected chi connectivity index (χ4v) is 1.55. The van der Waals surface area contributed by atoms with Crippen molar-refractivity contribution in [1.29, 1.82) is 0 Å². The minimum absolute atomic E-state index is 0.357. The molecule has 0 aromatic carbocycles. The van der Waals surface area contributed by atoms with E-state index >= 15 is 0 Å². The molecule has 0 bridgehead atoms. The van der Waals surface area contributed by atoms with Crippen LogP contribution in [0.5, 0.6) is 0 Å². The number of hydrogen-bond donors (Lipinski definition) is 1. The van der Waals surface area contributed by atoms with Gasteiger partial charge in [0.2, 0.25) is 0 Å². The van der Waals surface area contributed by atoms with Crippen molar-refractivity contribution < 1.29 is 67.3 Å². The molecule has 15 heteroatoms. The van der Waals surface area contributed by atoms with E-state index < -0.39 is 61.1 Å². The van der Waals surface area contributed by atoms with Crippen LogP contribution in [0.3, 0.4) is 0 Å². The Bertz CT molecular complexity index is 587. The summed E-state index contributed by atoms with van der Waals surface area (Å²) in [6, 6.07) is 0. The Balaban J connectivity index is 5.68. The fraction of sp³-hybridized carbons (Fsp3) is 0.769. The van der Waals surface area contributed by atoms with E-state index in [1.807, 2.05) is 0 Å². The zero-order chi connectivity index (χ0) is 22.9. The Morgan fingerprint density at radius 1 is 0.929 bits per heavy atom. The Kier molecular flexibility index (Phi) is 7.51. The van der Waals surface area contributed by atoms with Gasteiger partial charge < -0.3 is 9.84 Å². The van der Waals surface area contributed by atoms with Crippen LogP contribution in [0.4, 0.5) is 52.7 Å². The molecule has 0 spiro atoms. The molecule has 0 aliphatic rings. The molecule has 28 heavy (non-hydrogen) atoms. The normalized spacial score (nSPS) is 15.5. The number of aliphatic hydroxyl groups is 1. The summed E-state index contributed by atoms with van der Waals surface area (Å²) in [5.74, 6) is -37.3. The van der Waals surface area contributed by atoms with Gasteiger partial charge in [-0.05, 0) is 6.92 Å². The lowest BCUT2D eigenvalue weighted by atomic mass is 9.92. The maximum atomic E-state index is 13.4. The van der Waals surface area contributed by atoms with E-state index in [0.717, 1.165) is 6.92 Å². The zero-order valence-electron chi connectivity index (χ0n) is 13.6. The second-order valence-corrected chi connectivity index (χ2v) is 5.59. The van der Waals surface area contributed by atoms with Crippen molar-refractivity contribution in [2.24, 2.45) is 0 Å². The third-order valence-corrected chi connectivity index (χ3v) is 3.19. The molecule has 0 aromatic heterocycles. The van der Waals surface area contributed by atoms with Crippen LogP contribution in [-0.2, 0) is 9.53 Å². The lowest BCUT2D eigenvalue weighted by Gasteiger charge is -2.39. The summed E-state index contributed by atoms with van der Waals surface area (Å²) in [5, 5.41) is 9.07. The van der Waals surface area contributed by atoms with Gasteiger partial charge in [-0.1, -0.05) is 6.58 Å². The van der Waals surface area contributed by atoms with Crippen molar-refractivity contribution in [3.8, 4) is 0 Å². The van der Waals surface area contributed by atoms with Gasteiger partial charge in [-0.3, -0.25) is 0 Å². The molecule has 166 valence electrons. The quantitative estimate of drug-likeness (QED) is 0.311. The van der Waals surface area contributed by atoms with Crippen LogP contribution in [0.1, 0.15) is 13.3 Å². The number of rotatable bonds is 10. The number of carbonyl (C=O) groups excluding carboxylic acids is 1. The second-order valence-electron chi connectivity index (χ2n) is 5.59. The first-order valence-corrected chi connectivity index (χ1v) is 6.84. The minimum atomic E-state index is -7.67. The molecule has 0 aliphatic carbocycles. The smallest absolute Gasteiger partial charge is 0.384 e. The molecule has 0 aromatic rings. The summed E-state index contributed by atoms with van der Waals surface area (Å²) >= 11 is 0. The molecule has 1 unspecified atom stereocenters. The van der Waals surface area contributed by atoms with Crippen molar-refractivity contribution in [2.45, 2.75) is 55.5 Å². The van der Waals surface area contributed by atoms with Gasteiger partial charge in [-0.25, -0.2) is 13.6 Å². The maximum absolute atomic E-state index is 13.4. The number of carbonyl (C=O) groups is 1. The minimum Gasteiger partial charge on any atom is -0.460 e. The SMILES string of the molecule is C=C(C)C(=O)OCC(O)CC(F)(F)C(F)(F)C(F)(F)C(F)(F)C(F)(F)C(F)F. The summed E-state index contributed by atoms with van der Waals surface area (Å²) in [7, 11) is 0. The first-order chi connectivity index (χ1) is 12.2. The van der Waals surface area contributed by atoms with E-state index in [9.17, 15) is 57.5 Å².